The fraction of sp³-hybridized carbons (Fsp3) is 0.714. The predicted molar refractivity (Wildman–Crippen MR) is 74.1 cm³/mol. The summed E-state index contributed by atoms with van der Waals surface area (Å²) in [6.45, 7) is 6.08. The normalized spacial score (nSPS) is 23.3. The highest BCUT2D eigenvalue weighted by Crippen LogP contribution is 2.26. The lowest BCUT2D eigenvalue weighted by atomic mass is 9.88. The van der Waals surface area contributed by atoms with Crippen LogP contribution in [-0.2, 0) is 9.53 Å². The zero-order valence-corrected chi connectivity index (χ0v) is 12.0. The van der Waals surface area contributed by atoms with Gasteiger partial charge in [0.25, 0.3) is 0 Å². The largest absolute Gasteiger partial charge is 0.368 e. The third kappa shape index (κ3) is 3.56. The van der Waals surface area contributed by atoms with Crippen LogP contribution in [0, 0.1) is 19.8 Å². The van der Waals surface area contributed by atoms with Crippen molar-refractivity contribution in [1.82, 2.24) is 10.2 Å². The first-order valence-corrected chi connectivity index (χ1v) is 7.01. The molecule has 1 fully saturated rings. The van der Waals surface area contributed by atoms with E-state index in [1.54, 1.807) is 0 Å². The van der Waals surface area contributed by atoms with Gasteiger partial charge < -0.3 is 10.1 Å². The van der Waals surface area contributed by atoms with E-state index in [4.69, 9.17) is 4.74 Å². The molecule has 2 rings (SSSR count). The Hall–Kier alpha value is -1.36. The van der Waals surface area contributed by atoms with Gasteiger partial charge in [-0.05, 0) is 32.6 Å². The number of amides is 1. The molecule has 2 atom stereocenters. The topological polar surface area (TPSA) is 67.0 Å². The maximum atomic E-state index is 11.9. The number of carbonyl (C=O) groups is 1. The molecule has 1 heterocycles. The predicted octanol–water partition coefficient (Wildman–Crippen LogP) is 2.56. The van der Waals surface area contributed by atoms with Crippen molar-refractivity contribution >= 4 is 11.6 Å². The van der Waals surface area contributed by atoms with E-state index in [0.29, 0.717) is 5.92 Å². The Morgan fingerprint density at radius 2 is 2.16 bits per heavy atom. The van der Waals surface area contributed by atoms with Gasteiger partial charge >= 0.3 is 0 Å². The van der Waals surface area contributed by atoms with Gasteiger partial charge in [-0.2, -0.15) is 5.10 Å². The minimum atomic E-state index is -0.106. The van der Waals surface area contributed by atoms with E-state index in [1.165, 1.54) is 19.3 Å². The number of aromatic amines is 1. The fourth-order valence-corrected chi connectivity index (χ4v) is 2.62. The van der Waals surface area contributed by atoms with Crippen molar-refractivity contribution in [3.05, 3.63) is 11.4 Å². The number of hydrogen-bond donors (Lipinski definition) is 2. The van der Waals surface area contributed by atoms with Crippen molar-refractivity contribution in [2.75, 3.05) is 11.9 Å². The number of hydrogen-bond acceptors (Lipinski definition) is 3. The lowest BCUT2D eigenvalue weighted by Crippen LogP contribution is -2.30. The van der Waals surface area contributed by atoms with Crippen molar-refractivity contribution in [2.24, 2.45) is 5.92 Å². The molecule has 106 valence electrons. The Morgan fingerprint density at radius 3 is 2.79 bits per heavy atom. The van der Waals surface area contributed by atoms with E-state index in [1.807, 2.05) is 13.8 Å². The highest BCUT2D eigenvalue weighted by Gasteiger charge is 2.22. The molecule has 1 amide bonds. The molecule has 0 saturated heterocycles. The first-order valence-electron chi connectivity index (χ1n) is 7.01. The molecule has 0 spiro atoms. The van der Waals surface area contributed by atoms with E-state index in [-0.39, 0.29) is 18.6 Å². The lowest BCUT2D eigenvalue weighted by Gasteiger charge is -2.28. The molecule has 0 aliphatic heterocycles. The SMILES string of the molecule is Cc1n[nH]c(C)c1NC(=O)CO[C@H]1CCCC[C@H]1C. The van der Waals surface area contributed by atoms with Crippen LogP contribution in [0.3, 0.4) is 0 Å². The van der Waals surface area contributed by atoms with Crippen molar-refractivity contribution in [1.29, 1.82) is 0 Å². The first kappa shape index (κ1) is 14.1. The minimum Gasteiger partial charge on any atom is -0.368 e. The third-order valence-corrected chi connectivity index (χ3v) is 3.85. The molecule has 5 nitrogen and oxygen atoms in total. The van der Waals surface area contributed by atoms with Gasteiger partial charge in [-0.3, -0.25) is 9.89 Å². The summed E-state index contributed by atoms with van der Waals surface area (Å²) in [4.78, 5) is 11.9. The van der Waals surface area contributed by atoms with Crippen LogP contribution >= 0.6 is 0 Å². The van der Waals surface area contributed by atoms with Crippen molar-refractivity contribution in [3.8, 4) is 0 Å². The maximum absolute atomic E-state index is 11.9. The fourth-order valence-electron chi connectivity index (χ4n) is 2.62. The Bertz CT molecular complexity index is 422. The minimum absolute atomic E-state index is 0.106. The van der Waals surface area contributed by atoms with E-state index in [2.05, 4.69) is 22.4 Å². The molecule has 1 aliphatic carbocycles. The van der Waals surface area contributed by atoms with Crippen molar-refractivity contribution < 1.29 is 9.53 Å². The second-order valence-electron chi connectivity index (χ2n) is 5.47. The molecule has 5 heteroatoms. The van der Waals surface area contributed by atoms with Gasteiger partial charge in [0.1, 0.15) is 6.61 Å². The Morgan fingerprint density at radius 1 is 1.42 bits per heavy atom. The van der Waals surface area contributed by atoms with Crippen LogP contribution in [0.1, 0.15) is 44.0 Å². The highest BCUT2D eigenvalue weighted by atomic mass is 16.5. The number of ether oxygens (including phenoxy) is 1. The van der Waals surface area contributed by atoms with Gasteiger partial charge in [-0.25, -0.2) is 0 Å². The number of aromatic nitrogens is 2. The molecular formula is C14H23N3O2. The third-order valence-electron chi connectivity index (χ3n) is 3.85. The Balaban J connectivity index is 1.81. The van der Waals surface area contributed by atoms with E-state index < -0.39 is 0 Å². The van der Waals surface area contributed by atoms with Crippen LogP contribution in [0.15, 0.2) is 0 Å². The number of rotatable bonds is 4. The molecule has 0 bridgehead atoms. The van der Waals surface area contributed by atoms with Gasteiger partial charge in [-0.1, -0.05) is 19.8 Å². The van der Waals surface area contributed by atoms with E-state index >= 15 is 0 Å². The number of H-pyrrole nitrogens is 1. The van der Waals surface area contributed by atoms with Gasteiger partial charge in [0.05, 0.1) is 23.2 Å². The quantitative estimate of drug-likeness (QED) is 0.879. The monoisotopic (exact) mass is 265 g/mol. The molecule has 1 aromatic rings. The summed E-state index contributed by atoms with van der Waals surface area (Å²) in [6, 6.07) is 0. The van der Waals surface area contributed by atoms with Gasteiger partial charge in [0.2, 0.25) is 5.91 Å². The second kappa shape index (κ2) is 6.19. The second-order valence-corrected chi connectivity index (χ2v) is 5.47. The number of nitrogens with one attached hydrogen (secondary N) is 2. The summed E-state index contributed by atoms with van der Waals surface area (Å²) < 4.78 is 5.74. The van der Waals surface area contributed by atoms with Crippen LogP contribution in [-0.4, -0.2) is 28.8 Å². The zero-order valence-electron chi connectivity index (χ0n) is 12.0. The molecule has 1 aromatic heterocycles. The average molecular weight is 265 g/mol. The summed E-state index contributed by atoms with van der Waals surface area (Å²) in [5, 5.41) is 9.76. The van der Waals surface area contributed by atoms with Crippen LogP contribution in [0.4, 0.5) is 5.69 Å². The van der Waals surface area contributed by atoms with Crippen LogP contribution in [0.2, 0.25) is 0 Å². The van der Waals surface area contributed by atoms with Gasteiger partial charge in [-0.15, -0.1) is 0 Å². The summed E-state index contributed by atoms with van der Waals surface area (Å²) in [5.41, 5.74) is 2.44. The average Bonchev–Trinajstić information content (AvgIpc) is 2.70. The number of carbonyl (C=O) groups excluding carboxylic acids is 1. The number of aryl methyl sites for hydroxylation is 2. The molecule has 1 saturated carbocycles. The van der Waals surface area contributed by atoms with Crippen molar-refractivity contribution in [2.45, 2.75) is 52.6 Å². The first-order chi connectivity index (χ1) is 9.08. The maximum Gasteiger partial charge on any atom is 0.250 e. The summed E-state index contributed by atoms with van der Waals surface area (Å²) >= 11 is 0. The molecular weight excluding hydrogens is 242 g/mol. The van der Waals surface area contributed by atoms with Gasteiger partial charge in [0, 0.05) is 0 Å². The number of anilines is 1. The zero-order chi connectivity index (χ0) is 13.8. The highest BCUT2D eigenvalue weighted by molar-refractivity contribution is 5.92. The van der Waals surface area contributed by atoms with Crippen LogP contribution in [0.25, 0.3) is 0 Å². The van der Waals surface area contributed by atoms with Gasteiger partial charge in [0.15, 0.2) is 0 Å². The lowest BCUT2D eigenvalue weighted by molar-refractivity contribution is -0.124. The van der Waals surface area contributed by atoms with Crippen molar-refractivity contribution in [3.63, 3.8) is 0 Å². The summed E-state index contributed by atoms with van der Waals surface area (Å²) in [7, 11) is 0. The van der Waals surface area contributed by atoms with Crippen LogP contribution < -0.4 is 5.32 Å². The van der Waals surface area contributed by atoms with Crippen LogP contribution in [0.5, 0.6) is 0 Å². The van der Waals surface area contributed by atoms with E-state index in [9.17, 15) is 4.79 Å². The molecule has 19 heavy (non-hydrogen) atoms. The smallest absolute Gasteiger partial charge is 0.250 e. The summed E-state index contributed by atoms with van der Waals surface area (Å²) in [6.07, 6.45) is 4.98. The van der Waals surface area contributed by atoms with E-state index in [0.717, 1.165) is 23.5 Å². The molecule has 2 N–H and O–H groups in total. The molecule has 0 unspecified atom stereocenters. The number of nitrogens with zero attached hydrogens (tertiary/aromatic N) is 1. The molecule has 0 radical (unpaired) electrons. The standard InChI is InChI=1S/C14H23N3O2/c1-9-6-4-5-7-12(9)19-8-13(18)15-14-10(2)16-17-11(14)3/h9,12H,4-8H2,1-3H3,(H,15,18)(H,16,17)/t9-,12+/m1/s1. The molecule has 1 aliphatic rings. The molecule has 0 aromatic carbocycles. The summed E-state index contributed by atoms with van der Waals surface area (Å²) in [5.74, 6) is 0.448. The Labute approximate surface area is 114 Å². The Kier molecular flexibility index (Phi) is 4.58.